The van der Waals surface area contributed by atoms with E-state index in [-0.39, 0.29) is 11.5 Å². The molecule has 0 fully saturated rings. The van der Waals surface area contributed by atoms with Crippen LogP contribution in [0.5, 0.6) is 11.5 Å². The van der Waals surface area contributed by atoms with E-state index in [0.717, 1.165) is 10.3 Å². The van der Waals surface area contributed by atoms with Crippen molar-refractivity contribution in [2.24, 2.45) is 5.92 Å². The molecular formula is C19H25N2O6+. The standard InChI is InChI=1S/C19H25N2O6/c1-12-17(19(23)27-5)14(11-20(2)24)18(22)21(12)9-8-13-6-7-15(25-3)16(10-13)26-4/h6-7,10-11,14,24H,8-9H2,1-5H3/q+1. The molecule has 1 aliphatic heterocycles. The molecule has 1 amide bonds. The molecule has 0 bridgehead atoms. The number of hydrogen-bond acceptors (Lipinski definition) is 6. The molecule has 0 aromatic heterocycles. The van der Waals surface area contributed by atoms with Gasteiger partial charge >= 0.3 is 5.97 Å². The first-order valence-corrected chi connectivity index (χ1v) is 8.42. The number of esters is 1. The van der Waals surface area contributed by atoms with Gasteiger partial charge in [0.25, 0.3) is 0 Å². The fourth-order valence-electron chi connectivity index (χ4n) is 3.12. The Kier molecular flexibility index (Phi) is 6.44. The number of nitrogens with zero attached hydrogens (tertiary/aromatic N) is 2. The summed E-state index contributed by atoms with van der Waals surface area (Å²) in [6.07, 6.45) is 1.84. The highest BCUT2D eigenvalue weighted by atomic mass is 16.5. The minimum absolute atomic E-state index is 0.232. The molecule has 2 rings (SSSR count). The van der Waals surface area contributed by atoms with Crippen molar-refractivity contribution in [3.05, 3.63) is 35.0 Å². The van der Waals surface area contributed by atoms with E-state index in [1.165, 1.54) is 25.3 Å². The van der Waals surface area contributed by atoms with Gasteiger partial charge in [-0.3, -0.25) is 10.0 Å². The number of ether oxygens (including phenoxy) is 3. The molecule has 1 aromatic carbocycles. The third-order valence-electron chi connectivity index (χ3n) is 4.48. The molecule has 0 radical (unpaired) electrons. The van der Waals surface area contributed by atoms with E-state index in [2.05, 4.69) is 0 Å². The molecular weight excluding hydrogens is 352 g/mol. The molecule has 1 unspecified atom stereocenters. The van der Waals surface area contributed by atoms with Gasteiger partial charge in [-0.05, 0) is 35.8 Å². The first-order chi connectivity index (χ1) is 12.8. The maximum Gasteiger partial charge on any atom is 0.336 e. The predicted octanol–water partition coefficient (Wildman–Crippen LogP) is 1.25. The minimum atomic E-state index is -0.877. The molecule has 8 nitrogen and oxygen atoms in total. The Morgan fingerprint density at radius 3 is 2.48 bits per heavy atom. The summed E-state index contributed by atoms with van der Waals surface area (Å²) < 4.78 is 16.1. The number of hydrogen-bond donors (Lipinski definition) is 1. The molecule has 1 N–H and O–H groups in total. The highest BCUT2D eigenvalue weighted by molar-refractivity contribution is 6.09. The maximum atomic E-state index is 12.8. The number of carbonyl (C=O) groups excluding carboxylic acids is 2. The van der Waals surface area contributed by atoms with Gasteiger partial charge in [-0.25, -0.2) is 4.79 Å². The highest BCUT2D eigenvalue weighted by Gasteiger charge is 2.43. The lowest BCUT2D eigenvalue weighted by Gasteiger charge is -2.18. The van der Waals surface area contributed by atoms with Crippen LogP contribution >= 0.6 is 0 Å². The Hall–Kier alpha value is -3.03. The van der Waals surface area contributed by atoms with Gasteiger partial charge in [-0.15, -0.1) is 0 Å². The van der Waals surface area contributed by atoms with Crippen LogP contribution in [0.3, 0.4) is 0 Å². The number of allylic oxidation sites excluding steroid dienone is 1. The predicted molar refractivity (Wildman–Crippen MR) is 97.2 cm³/mol. The van der Waals surface area contributed by atoms with E-state index in [9.17, 15) is 14.8 Å². The Balaban J connectivity index is 2.25. The van der Waals surface area contributed by atoms with E-state index in [4.69, 9.17) is 14.2 Å². The lowest BCUT2D eigenvalue weighted by atomic mass is 10.0. The van der Waals surface area contributed by atoms with Gasteiger partial charge in [0.1, 0.15) is 0 Å². The van der Waals surface area contributed by atoms with Crippen LogP contribution in [-0.4, -0.2) is 67.9 Å². The molecule has 1 aliphatic rings. The summed E-state index contributed by atoms with van der Waals surface area (Å²) in [5, 5.41) is 9.50. The largest absolute Gasteiger partial charge is 0.493 e. The lowest BCUT2D eigenvalue weighted by molar-refractivity contribution is -0.752. The smallest absolute Gasteiger partial charge is 0.336 e. The number of hydroxylamine groups is 1. The van der Waals surface area contributed by atoms with Gasteiger partial charge in [0.15, 0.2) is 24.5 Å². The van der Waals surface area contributed by atoms with Crippen molar-refractivity contribution in [2.75, 3.05) is 34.9 Å². The second kappa shape index (κ2) is 8.57. The molecule has 8 heteroatoms. The zero-order chi connectivity index (χ0) is 20.1. The molecule has 0 spiro atoms. The molecule has 0 saturated carbocycles. The average molecular weight is 377 g/mol. The third-order valence-corrected chi connectivity index (χ3v) is 4.48. The second-order valence-electron chi connectivity index (χ2n) is 6.12. The van der Waals surface area contributed by atoms with Crippen LogP contribution in [0.2, 0.25) is 0 Å². The van der Waals surface area contributed by atoms with Gasteiger partial charge in [-0.2, -0.15) is 0 Å². The van der Waals surface area contributed by atoms with Gasteiger partial charge in [-0.1, -0.05) is 6.07 Å². The second-order valence-corrected chi connectivity index (χ2v) is 6.12. The van der Waals surface area contributed by atoms with Crippen LogP contribution in [0.4, 0.5) is 0 Å². The van der Waals surface area contributed by atoms with Crippen molar-refractivity contribution in [1.82, 2.24) is 4.90 Å². The zero-order valence-electron chi connectivity index (χ0n) is 16.2. The van der Waals surface area contributed by atoms with E-state index >= 15 is 0 Å². The van der Waals surface area contributed by atoms with Gasteiger partial charge in [0, 0.05) is 12.2 Å². The van der Waals surface area contributed by atoms with Crippen molar-refractivity contribution in [1.29, 1.82) is 0 Å². The quantitative estimate of drug-likeness (QED) is 0.253. The number of amides is 1. The SMILES string of the molecule is COC(=O)C1=C(C)N(CCc2ccc(OC)c(OC)c2)C(=O)C1C=[N+](C)O. The number of carbonyl (C=O) groups is 2. The fraction of sp³-hybridized carbons (Fsp3) is 0.421. The summed E-state index contributed by atoms with van der Waals surface area (Å²) in [5.74, 6) is -0.508. The van der Waals surface area contributed by atoms with Crippen LogP contribution < -0.4 is 9.47 Å². The van der Waals surface area contributed by atoms with Crippen LogP contribution in [0.15, 0.2) is 29.5 Å². The Morgan fingerprint density at radius 1 is 1.26 bits per heavy atom. The summed E-state index contributed by atoms with van der Waals surface area (Å²) in [6, 6.07) is 5.55. The summed E-state index contributed by atoms with van der Waals surface area (Å²) in [6.45, 7) is 2.07. The molecule has 27 heavy (non-hydrogen) atoms. The molecule has 0 saturated heterocycles. The van der Waals surface area contributed by atoms with Gasteiger partial charge in [0.05, 0.1) is 26.9 Å². The number of benzene rings is 1. The first kappa shape index (κ1) is 20.3. The summed E-state index contributed by atoms with van der Waals surface area (Å²) in [5.41, 5.74) is 1.71. The molecule has 0 aliphatic carbocycles. The zero-order valence-corrected chi connectivity index (χ0v) is 16.2. The number of methoxy groups -OCH3 is 3. The van der Waals surface area contributed by atoms with Crippen LogP contribution in [0, 0.1) is 5.92 Å². The molecule has 1 atom stereocenters. The van der Waals surface area contributed by atoms with Gasteiger partial charge in [0.2, 0.25) is 12.1 Å². The van der Waals surface area contributed by atoms with E-state index < -0.39 is 11.9 Å². The van der Waals surface area contributed by atoms with Crippen LogP contribution in [-0.2, 0) is 20.7 Å². The highest BCUT2D eigenvalue weighted by Crippen LogP contribution is 2.31. The van der Waals surface area contributed by atoms with E-state index in [1.807, 2.05) is 12.1 Å². The van der Waals surface area contributed by atoms with Gasteiger partial charge < -0.3 is 19.1 Å². The van der Waals surface area contributed by atoms with Crippen molar-refractivity contribution < 1.29 is 33.7 Å². The van der Waals surface area contributed by atoms with Crippen LogP contribution in [0.1, 0.15) is 12.5 Å². The number of rotatable bonds is 7. The fourth-order valence-corrected chi connectivity index (χ4v) is 3.12. The molecule has 1 heterocycles. The summed E-state index contributed by atoms with van der Waals surface area (Å²) in [7, 11) is 5.77. The summed E-state index contributed by atoms with van der Waals surface area (Å²) in [4.78, 5) is 26.5. The minimum Gasteiger partial charge on any atom is -0.493 e. The normalized spacial score (nSPS) is 17.4. The summed E-state index contributed by atoms with van der Waals surface area (Å²) >= 11 is 0. The van der Waals surface area contributed by atoms with E-state index in [1.54, 1.807) is 27.2 Å². The van der Waals surface area contributed by atoms with Crippen LogP contribution in [0.25, 0.3) is 0 Å². The first-order valence-electron chi connectivity index (χ1n) is 8.42. The lowest BCUT2D eigenvalue weighted by Crippen LogP contribution is -2.32. The van der Waals surface area contributed by atoms with Crippen molar-refractivity contribution in [2.45, 2.75) is 13.3 Å². The monoisotopic (exact) mass is 377 g/mol. The third kappa shape index (κ3) is 4.21. The molecule has 1 aromatic rings. The average Bonchev–Trinajstić information content (AvgIpc) is 2.88. The van der Waals surface area contributed by atoms with Crippen molar-refractivity contribution >= 4 is 18.1 Å². The maximum absolute atomic E-state index is 12.8. The van der Waals surface area contributed by atoms with Crippen molar-refractivity contribution in [3.8, 4) is 11.5 Å². The Bertz CT molecular complexity index is 795. The Morgan fingerprint density at radius 2 is 1.93 bits per heavy atom. The Labute approximate surface area is 158 Å². The van der Waals surface area contributed by atoms with E-state index in [0.29, 0.717) is 30.2 Å². The molecule has 146 valence electrons. The van der Waals surface area contributed by atoms with Crippen molar-refractivity contribution in [3.63, 3.8) is 0 Å². The topological polar surface area (TPSA) is 88.3 Å².